The number of hydrogen-bond acceptors (Lipinski definition) is 8. The van der Waals surface area contributed by atoms with Gasteiger partial charge in [0.05, 0.1) is 44.0 Å². The van der Waals surface area contributed by atoms with Gasteiger partial charge < -0.3 is 29.9 Å². The van der Waals surface area contributed by atoms with Crippen molar-refractivity contribution in [3.63, 3.8) is 0 Å². The van der Waals surface area contributed by atoms with E-state index in [2.05, 4.69) is 60.3 Å². The second-order valence-corrected chi connectivity index (χ2v) is 9.80. The largest absolute Gasteiger partial charge is 0.418 e. The van der Waals surface area contributed by atoms with Crippen LogP contribution in [0.1, 0.15) is 68.7 Å². The number of aliphatic hydroxyl groups is 4. The maximum Gasteiger partial charge on any atom is 0.309 e. The standard InChI is InChI=1S/C18H35NO3.C5H12O4/c1-10-16(20)22-18(14(6)7)19(15(8)9)17(11-21-18,12(2)3)13(4)5;6-1-5(2-7,3-8)4-9/h12-15H,10-11H2,1-9H3;6-9H,1-4H2. The number of nitrogens with zero attached hydrogens (tertiary/aromatic N) is 1. The summed E-state index contributed by atoms with van der Waals surface area (Å²) in [7, 11) is 0. The monoisotopic (exact) mass is 449 g/mol. The number of rotatable bonds is 10. The number of carbonyl (C=O) groups is 1. The van der Waals surface area contributed by atoms with E-state index in [1.165, 1.54) is 0 Å². The van der Waals surface area contributed by atoms with Crippen LogP contribution in [0.3, 0.4) is 0 Å². The van der Waals surface area contributed by atoms with E-state index in [0.717, 1.165) is 0 Å². The Kier molecular flexibility index (Phi) is 12.2. The van der Waals surface area contributed by atoms with Crippen molar-refractivity contribution in [2.24, 2.45) is 23.2 Å². The van der Waals surface area contributed by atoms with Crippen molar-refractivity contribution in [2.45, 2.75) is 86.2 Å². The van der Waals surface area contributed by atoms with Gasteiger partial charge in [-0.05, 0) is 25.7 Å². The normalized spacial score (nSPS) is 21.7. The van der Waals surface area contributed by atoms with Crippen molar-refractivity contribution in [3.8, 4) is 0 Å². The third-order valence-corrected chi connectivity index (χ3v) is 6.43. The van der Waals surface area contributed by atoms with Crippen LogP contribution in [-0.4, -0.2) is 81.8 Å². The first-order valence-corrected chi connectivity index (χ1v) is 11.4. The maximum absolute atomic E-state index is 12.1. The molecule has 1 atom stereocenters. The molecule has 4 N–H and O–H groups in total. The predicted octanol–water partition coefficient (Wildman–Crippen LogP) is 1.98. The molecule has 0 aromatic carbocycles. The molecule has 1 unspecified atom stereocenters. The van der Waals surface area contributed by atoms with Crippen molar-refractivity contribution >= 4 is 5.97 Å². The molecular weight excluding hydrogens is 402 g/mol. The Bertz CT molecular complexity index is 507. The first-order chi connectivity index (χ1) is 14.3. The Morgan fingerprint density at radius 3 is 1.55 bits per heavy atom. The molecular formula is C23H47NO7. The van der Waals surface area contributed by atoms with Gasteiger partial charge in [0.15, 0.2) is 0 Å². The van der Waals surface area contributed by atoms with Crippen molar-refractivity contribution in [1.82, 2.24) is 4.90 Å². The molecule has 0 radical (unpaired) electrons. The molecule has 0 aromatic rings. The summed E-state index contributed by atoms with van der Waals surface area (Å²) in [6.45, 7) is 18.2. The summed E-state index contributed by atoms with van der Waals surface area (Å²) in [5.74, 6) is -0.311. The van der Waals surface area contributed by atoms with Gasteiger partial charge in [0.1, 0.15) is 0 Å². The predicted molar refractivity (Wildman–Crippen MR) is 120 cm³/mol. The summed E-state index contributed by atoms with van der Waals surface area (Å²) in [6.07, 6.45) is 0.361. The summed E-state index contributed by atoms with van der Waals surface area (Å²) in [6, 6.07) is 0.222. The highest BCUT2D eigenvalue weighted by Crippen LogP contribution is 2.49. The fraction of sp³-hybridized carbons (Fsp3) is 0.957. The van der Waals surface area contributed by atoms with Crippen molar-refractivity contribution in [1.29, 1.82) is 0 Å². The summed E-state index contributed by atoms with van der Waals surface area (Å²) in [5, 5.41) is 34.0. The van der Waals surface area contributed by atoms with Gasteiger partial charge in [-0.2, -0.15) is 0 Å². The van der Waals surface area contributed by atoms with Gasteiger partial charge in [-0.3, -0.25) is 4.79 Å². The molecule has 1 saturated heterocycles. The highest BCUT2D eigenvalue weighted by atomic mass is 16.7. The van der Waals surface area contributed by atoms with E-state index in [0.29, 0.717) is 24.9 Å². The molecule has 186 valence electrons. The average molecular weight is 450 g/mol. The molecule has 0 aliphatic carbocycles. The first kappa shape index (κ1) is 30.2. The lowest BCUT2D eigenvalue weighted by molar-refractivity contribution is -0.298. The lowest BCUT2D eigenvalue weighted by Crippen LogP contribution is -2.65. The lowest BCUT2D eigenvalue weighted by atomic mass is 9.75. The highest BCUT2D eigenvalue weighted by molar-refractivity contribution is 5.69. The first-order valence-electron chi connectivity index (χ1n) is 11.4. The molecule has 1 fully saturated rings. The van der Waals surface area contributed by atoms with E-state index in [-0.39, 0.29) is 23.5 Å². The van der Waals surface area contributed by atoms with E-state index in [1.807, 2.05) is 6.92 Å². The van der Waals surface area contributed by atoms with Crippen LogP contribution in [-0.2, 0) is 14.3 Å². The van der Waals surface area contributed by atoms with Crippen LogP contribution in [0.15, 0.2) is 0 Å². The second kappa shape index (κ2) is 12.5. The maximum atomic E-state index is 12.1. The number of hydrogen-bond donors (Lipinski definition) is 4. The van der Waals surface area contributed by atoms with Crippen molar-refractivity contribution < 1.29 is 34.7 Å². The van der Waals surface area contributed by atoms with Crippen molar-refractivity contribution in [2.75, 3.05) is 33.0 Å². The summed E-state index contributed by atoms with van der Waals surface area (Å²) >= 11 is 0. The summed E-state index contributed by atoms with van der Waals surface area (Å²) < 4.78 is 12.2. The summed E-state index contributed by atoms with van der Waals surface area (Å²) in [4.78, 5) is 14.4. The number of aliphatic hydroxyl groups excluding tert-OH is 4. The van der Waals surface area contributed by atoms with Crippen LogP contribution >= 0.6 is 0 Å². The van der Waals surface area contributed by atoms with E-state index < -0.39 is 37.8 Å². The smallest absolute Gasteiger partial charge is 0.309 e. The third kappa shape index (κ3) is 6.18. The number of carbonyl (C=O) groups excluding carboxylic acids is 1. The fourth-order valence-electron chi connectivity index (χ4n) is 4.22. The third-order valence-electron chi connectivity index (χ3n) is 6.43. The fourth-order valence-corrected chi connectivity index (χ4v) is 4.22. The van der Waals surface area contributed by atoms with Crippen LogP contribution < -0.4 is 0 Å². The van der Waals surface area contributed by atoms with Crippen molar-refractivity contribution in [3.05, 3.63) is 0 Å². The quantitative estimate of drug-likeness (QED) is 0.374. The number of esters is 1. The van der Waals surface area contributed by atoms with Crippen LogP contribution in [0.2, 0.25) is 0 Å². The van der Waals surface area contributed by atoms with Gasteiger partial charge in [-0.15, -0.1) is 0 Å². The average Bonchev–Trinajstić information content (AvgIpc) is 3.08. The highest BCUT2D eigenvalue weighted by Gasteiger charge is 2.63. The van der Waals surface area contributed by atoms with Crippen LogP contribution in [0, 0.1) is 23.2 Å². The Labute approximate surface area is 188 Å². The van der Waals surface area contributed by atoms with E-state index in [9.17, 15) is 4.79 Å². The molecule has 31 heavy (non-hydrogen) atoms. The SMILES string of the molecule is CCC(=O)OC1(C(C)C)OCC(C(C)C)(C(C)C)N1C(C)C.OCC(CO)(CO)CO. The topological polar surface area (TPSA) is 120 Å². The molecule has 1 aliphatic heterocycles. The second-order valence-electron chi connectivity index (χ2n) is 9.80. The Hall–Kier alpha value is -0.770. The molecule has 1 rings (SSSR count). The Balaban J connectivity index is 0.000000842. The van der Waals surface area contributed by atoms with E-state index >= 15 is 0 Å². The molecule has 0 spiro atoms. The minimum absolute atomic E-state index is 0.0600. The zero-order chi connectivity index (χ0) is 24.6. The lowest BCUT2D eigenvalue weighted by Gasteiger charge is -2.51. The Morgan fingerprint density at radius 2 is 1.32 bits per heavy atom. The van der Waals surface area contributed by atoms with Gasteiger partial charge >= 0.3 is 5.97 Å². The van der Waals surface area contributed by atoms with Crippen LogP contribution in [0.5, 0.6) is 0 Å². The number of ether oxygens (including phenoxy) is 2. The minimum Gasteiger partial charge on any atom is -0.418 e. The molecule has 0 bridgehead atoms. The van der Waals surface area contributed by atoms with Gasteiger partial charge in [-0.25, -0.2) is 4.90 Å². The molecule has 0 aromatic heterocycles. The molecule has 8 heteroatoms. The molecule has 1 heterocycles. The van der Waals surface area contributed by atoms with E-state index in [1.54, 1.807) is 0 Å². The van der Waals surface area contributed by atoms with Crippen LogP contribution in [0.4, 0.5) is 0 Å². The van der Waals surface area contributed by atoms with Gasteiger partial charge in [0.25, 0.3) is 5.91 Å². The zero-order valence-corrected chi connectivity index (χ0v) is 21.0. The van der Waals surface area contributed by atoms with E-state index in [4.69, 9.17) is 29.9 Å². The van der Waals surface area contributed by atoms with Gasteiger partial charge in [0.2, 0.25) is 0 Å². The molecule has 0 amide bonds. The Morgan fingerprint density at radius 1 is 0.903 bits per heavy atom. The van der Waals surface area contributed by atoms with Gasteiger partial charge in [-0.1, -0.05) is 48.5 Å². The molecule has 0 saturated carbocycles. The summed E-state index contributed by atoms with van der Waals surface area (Å²) in [5.41, 5.74) is -1.24. The van der Waals surface area contributed by atoms with Crippen LogP contribution in [0.25, 0.3) is 0 Å². The van der Waals surface area contributed by atoms with Gasteiger partial charge in [0, 0.05) is 18.4 Å². The molecule has 8 nitrogen and oxygen atoms in total. The minimum atomic E-state index is -1.11. The zero-order valence-electron chi connectivity index (χ0n) is 21.0. The molecule has 1 aliphatic rings.